The van der Waals surface area contributed by atoms with Crippen LogP contribution in [0, 0.1) is 17.8 Å². The van der Waals surface area contributed by atoms with Gasteiger partial charge in [-0.15, -0.1) is 0 Å². The summed E-state index contributed by atoms with van der Waals surface area (Å²) in [4.78, 5) is 14.1. The van der Waals surface area contributed by atoms with Crippen LogP contribution in [0.2, 0.25) is 0 Å². The molecule has 1 aliphatic carbocycles. The van der Waals surface area contributed by atoms with Gasteiger partial charge in [0.05, 0.1) is 0 Å². The molecule has 74 valence electrons. The zero-order chi connectivity index (χ0) is 9.42. The number of piperidine rings is 1. The standard InChI is InChI=1S/C11H19NO/c1-8-6-12(2)7-9-4-3-5-10(13)11(8)9/h8-9,11H,3-7H2,1-2H3/t8-,9-,11+/m0/s1. The highest BCUT2D eigenvalue weighted by Crippen LogP contribution is 2.36. The van der Waals surface area contributed by atoms with Gasteiger partial charge in [-0.3, -0.25) is 4.79 Å². The van der Waals surface area contributed by atoms with Gasteiger partial charge < -0.3 is 4.90 Å². The van der Waals surface area contributed by atoms with Crippen LogP contribution in [-0.4, -0.2) is 30.8 Å². The molecule has 1 aliphatic heterocycles. The largest absolute Gasteiger partial charge is 0.306 e. The van der Waals surface area contributed by atoms with Crippen molar-refractivity contribution in [2.24, 2.45) is 17.8 Å². The molecule has 0 unspecified atom stereocenters. The monoisotopic (exact) mass is 181 g/mol. The fourth-order valence-electron chi connectivity index (χ4n) is 3.21. The molecule has 0 N–H and O–H groups in total. The number of fused-ring (bicyclic) bond motifs is 1. The van der Waals surface area contributed by atoms with Gasteiger partial charge in [-0.1, -0.05) is 6.92 Å². The molecule has 0 aromatic rings. The van der Waals surface area contributed by atoms with E-state index in [9.17, 15) is 4.79 Å². The van der Waals surface area contributed by atoms with Crippen LogP contribution in [0.4, 0.5) is 0 Å². The average Bonchev–Trinajstić information content (AvgIpc) is 2.02. The van der Waals surface area contributed by atoms with E-state index in [1.807, 2.05) is 0 Å². The fourth-order valence-corrected chi connectivity index (χ4v) is 3.21. The highest BCUT2D eigenvalue weighted by Gasteiger charge is 2.39. The summed E-state index contributed by atoms with van der Waals surface area (Å²) in [5.41, 5.74) is 0. The fraction of sp³-hybridized carbons (Fsp3) is 0.909. The molecule has 0 amide bonds. The topological polar surface area (TPSA) is 20.3 Å². The van der Waals surface area contributed by atoms with E-state index in [4.69, 9.17) is 0 Å². The van der Waals surface area contributed by atoms with Crippen LogP contribution in [0.25, 0.3) is 0 Å². The number of ketones is 1. The SMILES string of the molecule is C[C@H]1CN(C)C[C@@H]2CCCC(=O)[C@@H]21. The van der Waals surface area contributed by atoms with Crippen molar-refractivity contribution in [2.75, 3.05) is 20.1 Å². The Balaban J connectivity index is 2.12. The lowest BCUT2D eigenvalue weighted by molar-refractivity contribution is -0.131. The Morgan fingerprint density at radius 3 is 2.92 bits per heavy atom. The lowest BCUT2D eigenvalue weighted by Crippen LogP contribution is -2.48. The first kappa shape index (κ1) is 9.20. The average molecular weight is 181 g/mol. The summed E-state index contributed by atoms with van der Waals surface area (Å²) in [7, 11) is 2.17. The molecule has 1 saturated heterocycles. The number of carbonyl (C=O) groups excluding carboxylic acids is 1. The molecule has 0 aromatic heterocycles. The Labute approximate surface area is 80.3 Å². The Hall–Kier alpha value is -0.370. The summed E-state index contributed by atoms with van der Waals surface area (Å²) < 4.78 is 0. The maximum Gasteiger partial charge on any atom is 0.136 e. The van der Waals surface area contributed by atoms with Crippen LogP contribution in [0.3, 0.4) is 0 Å². The van der Waals surface area contributed by atoms with Gasteiger partial charge in [0.15, 0.2) is 0 Å². The summed E-state index contributed by atoms with van der Waals surface area (Å²) in [5.74, 6) is 2.17. The predicted octanol–water partition coefficient (Wildman–Crippen LogP) is 1.55. The Morgan fingerprint density at radius 1 is 1.38 bits per heavy atom. The number of rotatable bonds is 0. The molecule has 1 heterocycles. The van der Waals surface area contributed by atoms with Crippen LogP contribution in [0.5, 0.6) is 0 Å². The molecule has 2 nitrogen and oxygen atoms in total. The molecule has 0 radical (unpaired) electrons. The van der Waals surface area contributed by atoms with Crippen molar-refractivity contribution in [3.05, 3.63) is 0 Å². The number of hydrogen-bond donors (Lipinski definition) is 0. The zero-order valence-corrected chi connectivity index (χ0v) is 8.62. The molecule has 0 bridgehead atoms. The van der Waals surface area contributed by atoms with E-state index in [0.29, 0.717) is 23.5 Å². The molecule has 2 heteroatoms. The molecule has 13 heavy (non-hydrogen) atoms. The molecular formula is C11H19NO. The van der Waals surface area contributed by atoms with Crippen molar-refractivity contribution in [3.8, 4) is 0 Å². The minimum atomic E-state index is 0.393. The molecule has 2 aliphatic rings. The summed E-state index contributed by atoms with van der Waals surface area (Å²) in [6.07, 6.45) is 3.24. The first-order chi connectivity index (χ1) is 6.18. The van der Waals surface area contributed by atoms with Crippen LogP contribution < -0.4 is 0 Å². The predicted molar refractivity (Wildman–Crippen MR) is 52.5 cm³/mol. The van der Waals surface area contributed by atoms with Gasteiger partial charge in [0.2, 0.25) is 0 Å². The highest BCUT2D eigenvalue weighted by atomic mass is 16.1. The first-order valence-electron chi connectivity index (χ1n) is 5.39. The zero-order valence-electron chi connectivity index (χ0n) is 8.62. The van der Waals surface area contributed by atoms with Crippen molar-refractivity contribution in [2.45, 2.75) is 26.2 Å². The number of Topliss-reactive ketones (excluding diaryl/α,β-unsaturated/α-hetero) is 1. The summed E-state index contributed by atoms with van der Waals surface area (Å²) in [5, 5.41) is 0. The second kappa shape index (κ2) is 3.41. The van der Waals surface area contributed by atoms with Crippen LogP contribution in [-0.2, 0) is 4.79 Å². The van der Waals surface area contributed by atoms with Gasteiger partial charge in [-0.25, -0.2) is 0 Å². The smallest absolute Gasteiger partial charge is 0.136 e. The van der Waals surface area contributed by atoms with Gasteiger partial charge in [0.25, 0.3) is 0 Å². The molecule has 3 atom stereocenters. The molecule has 2 fully saturated rings. The van der Waals surface area contributed by atoms with E-state index in [1.165, 1.54) is 6.42 Å². The third-order valence-electron chi connectivity index (χ3n) is 3.64. The molecule has 2 rings (SSSR count). The summed E-state index contributed by atoms with van der Waals surface area (Å²) in [6.45, 7) is 4.48. The Kier molecular flexibility index (Phi) is 2.41. The highest BCUT2D eigenvalue weighted by molar-refractivity contribution is 5.82. The molecule has 0 spiro atoms. The van der Waals surface area contributed by atoms with Gasteiger partial charge in [-0.05, 0) is 31.7 Å². The third-order valence-corrected chi connectivity index (χ3v) is 3.64. The van der Waals surface area contributed by atoms with Crippen molar-refractivity contribution in [1.29, 1.82) is 0 Å². The number of likely N-dealkylation sites (tertiary alicyclic amines) is 1. The Bertz CT molecular complexity index is 214. The van der Waals surface area contributed by atoms with E-state index in [2.05, 4.69) is 18.9 Å². The van der Waals surface area contributed by atoms with Gasteiger partial charge in [-0.2, -0.15) is 0 Å². The quantitative estimate of drug-likeness (QED) is 0.565. The number of carbonyl (C=O) groups is 1. The number of hydrogen-bond acceptors (Lipinski definition) is 2. The van der Waals surface area contributed by atoms with Crippen molar-refractivity contribution in [3.63, 3.8) is 0 Å². The first-order valence-corrected chi connectivity index (χ1v) is 5.39. The number of nitrogens with zero attached hydrogens (tertiary/aromatic N) is 1. The molecule has 0 aromatic carbocycles. The lowest BCUT2D eigenvalue weighted by atomic mass is 9.70. The van der Waals surface area contributed by atoms with Crippen molar-refractivity contribution in [1.82, 2.24) is 4.90 Å². The normalized spacial score (nSPS) is 41.7. The minimum absolute atomic E-state index is 0.393. The maximum absolute atomic E-state index is 11.7. The summed E-state index contributed by atoms with van der Waals surface area (Å²) >= 11 is 0. The van der Waals surface area contributed by atoms with Gasteiger partial charge >= 0.3 is 0 Å². The molecule has 1 saturated carbocycles. The van der Waals surface area contributed by atoms with Crippen LogP contribution >= 0.6 is 0 Å². The molecular weight excluding hydrogens is 162 g/mol. The second-order valence-corrected chi connectivity index (χ2v) is 4.84. The maximum atomic E-state index is 11.7. The summed E-state index contributed by atoms with van der Waals surface area (Å²) in [6, 6.07) is 0. The van der Waals surface area contributed by atoms with Gasteiger partial charge in [0.1, 0.15) is 5.78 Å². The van der Waals surface area contributed by atoms with E-state index in [1.54, 1.807) is 0 Å². The minimum Gasteiger partial charge on any atom is -0.306 e. The second-order valence-electron chi connectivity index (χ2n) is 4.84. The van der Waals surface area contributed by atoms with Crippen LogP contribution in [0.15, 0.2) is 0 Å². The van der Waals surface area contributed by atoms with E-state index < -0.39 is 0 Å². The van der Waals surface area contributed by atoms with Crippen molar-refractivity contribution >= 4 is 5.78 Å². The third kappa shape index (κ3) is 1.64. The lowest BCUT2D eigenvalue weighted by Gasteiger charge is -2.42. The van der Waals surface area contributed by atoms with E-state index in [0.717, 1.165) is 25.9 Å². The van der Waals surface area contributed by atoms with E-state index >= 15 is 0 Å². The Morgan fingerprint density at radius 2 is 2.15 bits per heavy atom. The van der Waals surface area contributed by atoms with Crippen LogP contribution in [0.1, 0.15) is 26.2 Å². The van der Waals surface area contributed by atoms with Gasteiger partial charge in [0, 0.05) is 25.4 Å². The van der Waals surface area contributed by atoms with Crippen molar-refractivity contribution < 1.29 is 4.79 Å². The van der Waals surface area contributed by atoms with E-state index in [-0.39, 0.29) is 0 Å².